The van der Waals surface area contributed by atoms with Crippen molar-refractivity contribution in [3.05, 3.63) is 35.6 Å². The Morgan fingerprint density at radius 2 is 1.94 bits per heavy atom. The highest BCUT2D eigenvalue weighted by Gasteiger charge is 2.07. The van der Waals surface area contributed by atoms with Crippen LogP contribution in [0.2, 0.25) is 0 Å². The van der Waals surface area contributed by atoms with Crippen LogP contribution in [0.15, 0.2) is 24.3 Å². The summed E-state index contributed by atoms with van der Waals surface area (Å²) in [4.78, 5) is 0. The predicted octanol–water partition coefficient (Wildman–Crippen LogP) is 1.60. The molecule has 0 heterocycles. The Morgan fingerprint density at radius 1 is 1.35 bits per heavy atom. The molecule has 0 aliphatic rings. The molecule has 0 aliphatic heterocycles. The molecule has 1 atom stereocenters. The van der Waals surface area contributed by atoms with E-state index in [1.807, 2.05) is 0 Å². The summed E-state index contributed by atoms with van der Waals surface area (Å²) in [6.07, 6.45) is 1.22. The van der Waals surface area contributed by atoms with Gasteiger partial charge in [0.05, 0.1) is 5.75 Å². The van der Waals surface area contributed by atoms with Crippen molar-refractivity contribution in [1.29, 1.82) is 0 Å². The second-order valence-corrected chi connectivity index (χ2v) is 7.27. The van der Waals surface area contributed by atoms with Crippen LogP contribution in [0.1, 0.15) is 11.6 Å². The van der Waals surface area contributed by atoms with Crippen LogP contribution >= 0.6 is 11.8 Å². The van der Waals surface area contributed by atoms with Crippen molar-refractivity contribution in [2.45, 2.75) is 6.04 Å². The molecule has 0 bridgehead atoms. The van der Waals surface area contributed by atoms with Gasteiger partial charge in [0.1, 0.15) is 15.7 Å². The molecule has 1 unspecified atom stereocenters. The molecule has 0 aliphatic carbocycles. The molecular formula is C11H16FNO2S2. The first-order valence-electron chi connectivity index (χ1n) is 5.15. The average Bonchev–Trinajstić information content (AvgIpc) is 2.24. The minimum Gasteiger partial charge on any atom is -0.323 e. The predicted molar refractivity (Wildman–Crippen MR) is 70.4 cm³/mol. The first-order valence-corrected chi connectivity index (χ1v) is 8.36. The minimum absolute atomic E-state index is 0.161. The number of hydrogen-bond acceptors (Lipinski definition) is 4. The van der Waals surface area contributed by atoms with Crippen molar-refractivity contribution in [2.24, 2.45) is 5.73 Å². The quantitative estimate of drug-likeness (QED) is 0.802. The van der Waals surface area contributed by atoms with E-state index in [2.05, 4.69) is 0 Å². The van der Waals surface area contributed by atoms with Gasteiger partial charge in [0.25, 0.3) is 0 Å². The van der Waals surface area contributed by atoms with Gasteiger partial charge in [-0.15, -0.1) is 0 Å². The molecule has 2 N–H and O–H groups in total. The molecule has 0 radical (unpaired) electrons. The number of rotatable bonds is 6. The number of thioether (sulfide) groups is 1. The molecule has 17 heavy (non-hydrogen) atoms. The fourth-order valence-electron chi connectivity index (χ4n) is 1.23. The Hall–Kier alpha value is -0.590. The molecule has 1 rings (SSSR count). The molecular weight excluding hydrogens is 261 g/mol. The Morgan fingerprint density at radius 3 is 2.47 bits per heavy atom. The van der Waals surface area contributed by atoms with Crippen LogP contribution in [0.3, 0.4) is 0 Å². The zero-order valence-corrected chi connectivity index (χ0v) is 11.2. The minimum atomic E-state index is -2.90. The lowest BCUT2D eigenvalue weighted by Gasteiger charge is -2.11. The van der Waals surface area contributed by atoms with Crippen molar-refractivity contribution in [2.75, 3.05) is 23.5 Å². The van der Waals surface area contributed by atoms with Crippen LogP contribution in [-0.4, -0.2) is 31.9 Å². The third-order valence-corrected chi connectivity index (χ3v) is 4.49. The Balaban J connectivity index is 2.35. The van der Waals surface area contributed by atoms with E-state index in [-0.39, 0.29) is 17.6 Å². The summed E-state index contributed by atoms with van der Waals surface area (Å²) in [6.45, 7) is 0. The first-order chi connectivity index (χ1) is 7.88. The molecule has 1 aromatic rings. The van der Waals surface area contributed by atoms with Crippen LogP contribution in [0.4, 0.5) is 4.39 Å². The summed E-state index contributed by atoms with van der Waals surface area (Å²) in [7, 11) is -2.90. The lowest BCUT2D eigenvalue weighted by Crippen LogP contribution is -2.14. The van der Waals surface area contributed by atoms with Gasteiger partial charge < -0.3 is 5.73 Å². The molecule has 0 fully saturated rings. The molecule has 6 heteroatoms. The lowest BCUT2D eigenvalue weighted by atomic mass is 10.1. The summed E-state index contributed by atoms with van der Waals surface area (Å²) in [6, 6.07) is 5.85. The zero-order chi connectivity index (χ0) is 12.9. The topological polar surface area (TPSA) is 60.2 Å². The normalized spacial score (nSPS) is 13.6. The number of sulfone groups is 1. The smallest absolute Gasteiger partial charge is 0.148 e. The molecule has 0 spiro atoms. The summed E-state index contributed by atoms with van der Waals surface area (Å²) >= 11 is 1.49. The fourth-order valence-corrected chi connectivity index (χ4v) is 3.52. The Labute approximate surface area is 106 Å². The zero-order valence-electron chi connectivity index (χ0n) is 9.60. The fraction of sp³-hybridized carbons (Fsp3) is 0.455. The van der Waals surface area contributed by atoms with Crippen LogP contribution in [0.25, 0.3) is 0 Å². The number of hydrogen-bond donors (Lipinski definition) is 1. The Bertz CT molecular complexity index is 445. The summed E-state index contributed by atoms with van der Waals surface area (Å²) in [5.74, 6) is 1.04. The van der Waals surface area contributed by atoms with Crippen LogP contribution < -0.4 is 5.73 Å². The molecule has 0 aromatic heterocycles. The number of benzene rings is 1. The lowest BCUT2D eigenvalue weighted by molar-refractivity contribution is 0.603. The van der Waals surface area contributed by atoms with Crippen molar-refractivity contribution in [1.82, 2.24) is 0 Å². The van der Waals surface area contributed by atoms with E-state index in [0.29, 0.717) is 11.5 Å². The van der Waals surface area contributed by atoms with E-state index in [4.69, 9.17) is 5.73 Å². The second-order valence-electron chi connectivity index (χ2n) is 3.86. The Kier molecular flexibility index (Phi) is 5.42. The molecule has 0 amide bonds. The first kappa shape index (κ1) is 14.5. The van der Waals surface area contributed by atoms with E-state index >= 15 is 0 Å². The maximum absolute atomic E-state index is 12.7. The summed E-state index contributed by atoms with van der Waals surface area (Å²) in [5, 5.41) is 0. The van der Waals surface area contributed by atoms with Crippen molar-refractivity contribution in [3.8, 4) is 0 Å². The highest BCUT2D eigenvalue weighted by Crippen LogP contribution is 2.16. The van der Waals surface area contributed by atoms with E-state index in [1.54, 1.807) is 12.1 Å². The highest BCUT2D eigenvalue weighted by atomic mass is 32.2. The average molecular weight is 277 g/mol. The van der Waals surface area contributed by atoms with Gasteiger partial charge in [-0.1, -0.05) is 12.1 Å². The molecule has 1 aromatic carbocycles. The second kappa shape index (κ2) is 6.37. The molecule has 3 nitrogen and oxygen atoms in total. The number of nitrogens with two attached hydrogens (primary N) is 1. The highest BCUT2D eigenvalue weighted by molar-refractivity contribution is 8.00. The third kappa shape index (κ3) is 6.05. The third-order valence-electron chi connectivity index (χ3n) is 2.19. The van der Waals surface area contributed by atoms with Gasteiger partial charge in [0.15, 0.2) is 0 Å². The van der Waals surface area contributed by atoms with Gasteiger partial charge in [-0.05, 0) is 17.7 Å². The molecule has 96 valence electrons. The number of halogens is 1. The van der Waals surface area contributed by atoms with Crippen LogP contribution in [-0.2, 0) is 9.84 Å². The van der Waals surface area contributed by atoms with Crippen molar-refractivity contribution < 1.29 is 12.8 Å². The summed E-state index contributed by atoms with van der Waals surface area (Å²) in [5.41, 5.74) is 6.76. The van der Waals surface area contributed by atoms with Crippen LogP contribution in [0, 0.1) is 5.82 Å². The van der Waals surface area contributed by atoms with Gasteiger partial charge in [0, 0.05) is 23.8 Å². The maximum Gasteiger partial charge on any atom is 0.148 e. The largest absolute Gasteiger partial charge is 0.323 e. The van der Waals surface area contributed by atoms with Gasteiger partial charge in [0.2, 0.25) is 0 Å². The van der Waals surface area contributed by atoms with Gasteiger partial charge in [-0.25, -0.2) is 12.8 Å². The van der Waals surface area contributed by atoms with E-state index in [9.17, 15) is 12.8 Å². The van der Waals surface area contributed by atoms with E-state index < -0.39 is 9.84 Å². The van der Waals surface area contributed by atoms with Gasteiger partial charge in [-0.2, -0.15) is 11.8 Å². The van der Waals surface area contributed by atoms with E-state index in [0.717, 1.165) is 5.56 Å². The van der Waals surface area contributed by atoms with Crippen molar-refractivity contribution in [3.63, 3.8) is 0 Å². The SMILES string of the molecule is CS(=O)(=O)CCSCC(N)c1ccc(F)cc1. The maximum atomic E-state index is 12.7. The van der Waals surface area contributed by atoms with Crippen LogP contribution in [0.5, 0.6) is 0 Å². The standard InChI is InChI=1S/C11H16FNO2S2/c1-17(14,15)7-6-16-8-11(13)9-2-4-10(12)5-3-9/h2-5,11H,6-8,13H2,1H3. The summed E-state index contributed by atoms with van der Waals surface area (Å²) < 4.78 is 34.5. The van der Waals surface area contributed by atoms with Gasteiger partial charge >= 0.3 is 0 Å². The molecule has 0 saturated carbocycles. The van der Waals surface area contributed by atoms with Gasteiger partial charge in [-0.3, -0.25) is 0 Å². The monoisotopic (exact) mass is 277 g/mol. The van der Waals surface area contributed by atoms with Crippen molar-refractivity contribution >= 4 is 21.6 Å². The van der Waals surface area contributed by atoms with E-state index in [1.165, 1.54) is 30.2 Å². The molecule has 0 saturated heterocycles.